The van der Waals surface area contributed by atoms with Gasteiger partial charge < -0.3 is 9.13 Å². The summed E-state index contributed by atoms with van der Waals surface area (Å²) in [5, 5.41) is 9.12. The van der Waals surface area contributed by atoms with Gasteiger partial charge in [-0.3, -0.25) is 4.79 Å². The van der Waals surface area contributed by atoms with Crippen LogP contribution in [0, 0.1) is 0 Å². The molecule has 0 bridgehead atoms. The Morgan fingerprint density at radius 1 is 1.17 bits per heavy atom. The molecular formula is C18H18N4OS. The van der Waals surface area contributed by atoms with E-state index in [1.165, 1.54) is 11.8 Å². The van der Waals surface area contributed by atoms with Crippen molar-refractivity contribution in [3.63, 3.8) is 0 Å². The molecule has 0 N–H and O–H groups in total. The molecule has 0 unspecified atom stereocenters. The predicted molar refractivity (Wildman–Crippen MR) is 97.2 cm³/mol. The summed E-state index contributed by atoms with van der Waals surface area (Å²) in [5.41, 5.74) is 1.56. The van der Waals surface area contributed by atoms with Crippen LogP contribution in [0.1, 0.15) is 5.56 Å². The average molecular weight is 338 g/mol. The minimum absolute atomic E-state index is 0.0721. The molecule has 6 heteroatoms. The van der Waals surface area contributed by atoms with Gasteiger partial charge in [0.2, 0.25) is 0 Å². The number of benzene rings is 1. The summed E-state index contributed by atoms with van der Waals surface area (Å²) in [6.45, 7) is 4.24. The van der Waals surface area contributed by atoms with Crippen LogP contribution in [0.2, 0.25) is 0 Å². The van der Waals surface area contributed by atoms with Crippen LogP contribution >= 0.6 is 11.8 Å². The van der Waals surface area contributed by atoms with Crippen LogP contribution < -0.4 is 5.56 Å². The Morgan fingerprint density at radius 2 is 1.96 bits per heavy atom. The van der Waals surface area contributed by atoms with Crippen LogP contribution in [0.5, 0.6) is 0 Å². The monoisotopic (exact) mass is 338 g/mol. The number of nitrogens with zero attached hydrogens (tertiary/aromatic N) is 4. The summed E-state index contributed by atoms with van der Waals surface area (Å²) in [7, 11) is 1.87. The second-order valence-corrected chi connectivity index (χ2v) is 6.29. The number of thioether (sulfide) groups is 1. The highest BCUT2D eigenvalue weighted by atomic mass is 32.2. The molecule has 0 fully saturated rings. The summed E-state index contributed by atoms with van der Waals surface area (Å²) < 4.78 is 3.54. The van der Waals surface area contributed by atoms with Gasteiger partial charge in [-0.2, -0.15) is 0 Å². The molecule has 0 aliphatic heterocycles. The summed E-state index contributed by atoms with van der Waals surface area (Å²) >= 11 is 1.54. The smallest absolute Gasteiger partial charge is 0.261 e. The lowest BCUT2D eigenvalue weighted by Gasteiger charge is -2.08. The van der Waals surface area contributed by atoms with E-state index in [9.17, 15) is 4.79 Å². The van der Waals surface area contributed by atoms with Crippen molar-refractivity contribution in [2.45, 2.75) is 11.7 Å². The maximum atomic E-state index is 12.8. The van der Waals surface area contributed by atoms with Gasteiger partial charge in [-0.1, -0.05) is 48.2 Å². The van der Waals surface area contributed by atoms with Crippen molar-refractivity contribution >= 4 is 11.8 Å². The third-order valence-electron chi connectivity index (χ3n) is 3.62. The van der Waals surface area contributed by atoms with E-state index in [0.29, 0.717) is 17.9 Å². The van der Waals surface area contributed by atoms with E-state index in [1.807, 2.05) is 54.1 Å². The van der Waals surface area contributed by atoms with E-state index in [-0.39, 0.29) is 5.56 Å². The Hall–Kier alpha value is -2.60. The minimum atomic E-state index is -0.0721. The maximum absolute atomic E-state index is 12.8. The van der Waals surface area contributed by atoms with Gasteiger partial charge in [0.1, 0.15) is 0 Å². The van der Waals surface area contributed by atoms with E-state index in [2.05, 4.69) is 16.8 Å². The number of hydrogen-bond acceptors (Lipinski definition) is 4. The first-order valence-electron chi connectivity index (χ1n) is 7.57. The lowest BCUT2D eigenvalue weighted by atomic mass is 10.2. The summed E-state index contributed by atoms with van der Waals surface area (Å²) in [6.07, 6.45) is 3.61. The Kier molecular flexibility index (Phi) is 4.96. The standard InChI is InChI=1S/C18H18N4OS/c1-3-12-24-18-20-19-16(21(18)2)15-10-7-11-22(17(15)23)13-14-8-5-4-6-9-14/h3-11H,1,12-13H2,2H3. The molecule has 0 saturated carbocycles. The molecule has 0 aliphatic carbocycles. The Labute approximate surface area is 144 Å². The fourth-order valence-corrected chi connectivity index (χ4v) is 3.07. The quantitative estimate of drug-likeness (QED) is 0.512. The Bertz CT molecular complexity index is 899. The minimum Gasteiger partial charge on any atom is -0.310 e. The SMILES string of the molecule is C=CCSc1nnc(-c2cccn(Cc3ccccc3)c2=O)n1C. The number of hydrogen-bond donors (Lipinski definition) is 0. The molecule has 5 nitrogen and oxygen atoms in total. The fraction of sp³-hybridized carbons (Fsp3) is 0.167. The van der Waals surface area contributed by atoms with Gasteiger partial charge in [-0.25, -0.2) is 0 Å². The molecule has 0 radical (unpaired) electrons. The molecule has 122 valence electrons. The first kappa shape index (κ1) is 16.3. The first-order chi connectivity index (χ1) is 11.7. The molecule has 0 spiro atoms. The van der Waals surface area contributed by atoms with Crippen molar-refractivity contribution < 1.29 is 0 Å². The molecule has 2 aromatic heterocycles. The van der Waals surface area contributed by atoms with Crippen LogP contribution in [0.3, 0.4) is 0 Å². The van der Waals surface area contributed by atoms with E-state index >= 15 is 0 Å². The molecule has 3 rings (SSSR count). The molecule has 1 aromatic carbocycles. The lowest BCUT2D eigenvalue weighted by Crippen LogP contribution is -2.22. The molecule has 0 atom stereocenters. The normalized spacial score (nSPS) is 10.7. The molecule has 24 heavy (non-hydrogen) atoms. The van der Waals surface area contributed by atoms with Crippen molar-refractivity contribution in [1.82, 2.24) is 19.3 Å². The zero-order valence-electron chi connectivity index (χ0n) is 13.4. The number of rotatable bonds is 6. The largest absolute Gasteiger partial charge is 0.310 e. The van der Waals surface area contributed by atoms with Crippen molar-refractivity contribution in [3.05, 3.63) is 77.2 Å². The lowest BCUT2D eigenvalue weighted by molar-refractivity contribution is 0.754. The first-order valence-corrected chi connectivity index (χ1v) is 8.56. The van der Waals surface area contributed by atoms with Gasteiger partial charge in [0.15, 0.2) is 11.0 Å². The fourth-order valence-electron chi connectivity index (χ4n) is 2.42. The highest BCUT2D eigenvalue weighted by Gasteiger charge is 2.15. The van der Waals surface area contributed by atoms with Crippen molar-refractivity contribution in [2.75, 3.05) is 5.75 Å². The predicted octanol–water partition coefficient (Wildman–Crippen LogP) is 2.97. The van der Waals surface area contributed by atoms with Gasteiger partial charge in [0.25, 0.3) is 5.56 Å². The van der Waals surface area contributed by atoms with E-state index in [1.54, 1.807) is 16.8 Å². The molecular weight excluding hydrogens is 320 g/mol. The number of aromatic nitrogens is 4. The summed E-state index contributed by atoms with van der Waals surface area (Å²) in [6, 6.07) is 13.6. The van der Waals surface area contributed by atoms with Gasteiger partial charge in [-0.15, -0.1) is 16.8 Å². The van der Waals surface area contributed by atoms with Gasteiger partial charge in [0, 0.05) is 19.0 Å². The molecule has 0 amide bonds. The van der Waals surface area contributed by atoms with E-state index in [4.69, 9.17) is 0 Å². The second kappa shape index (κ2) is 7.31. The van der Waals surface area contributed by atoms with Crippen LogP contribution in [0.4, 0.5) is 0 Å². The molecule has 2 heterocycles. The van der Waals surface area contributed by atoms with Gasteiger partial charge in [-0.05, 0) is 17.7 Å². The van der Waals surface area contributed by atoms with Crippen molar-refractivity contribution in [3.8, 4) is 11.4 Å². The summed E-state index contributed by atoms with van der Waals surface area (Å²) in [4.78, 5) is 12.8. The second-order valence-electron chi connectivity index (χ2n) is 5.31. The van der Waals surface area contributed by atoms with Crippen LogP contribution in [0.25, 0.3) is 11.4 Å². The highest BCUT2D eigenvalue weighted by Crippen LogP contribution is 2.20. The van der Waals surface area contributed by atoms with Gasteiger partial charge >= 0.3 is 0 Å². The zero-order valence-corrected chi connectivity index (χ0v) is 14.2. The Balaban J connectivity index is 1.95. The van der Waals surface area contributed by atoms with Crippen molar-refractivity contribution in [1.29, 1.82) is 0 Å². The topological polar surface area (TPSA) is 52.7 Å². The zero-order chi connectivity index (χ0) is 16.9. The summed E-state index contributed by atoms with van der Waals surface area (Å²) in [5.74, 6) is 1.33. The highest BCUT2D eigenvalue weighted by molar-refractivity contribution is 7.99. The number of pyridine rings is 1. The Morgan fingerprint density at radius 3 is 2.71 bits per heavy atom. The third-order valence-corrected chi connectivity index (χ3v) is 4.64. The van der Waals surface area contributed by atoms with Crippen LogP contribution in [-0.2, 0) is 13.6 Å². The molecule has 0 aliphatic rings. The van der Waals surface area contributed by atoms with Gasteiger partial charge in [0.05, 0.1) is 12.1 Å². The maximum Gasteiger partial charge on any atom is 0.261 e. The average Bonchev–Trinajstić information content (AvgIpc) is 2.96. The third kappa shape index (κ3) is 3.33. The van der Waals surface area contributed by atoms with E-state index < -0.39 is 0 Å². The van der Waals surface area contributed by atoms with Crippen molar-refractivity contribution in [2.24, 2.45) is 7.05 Å². The molecule has 3 aromatic rings. The molecule has 0 saturated heterocycles. The van der Waals surface area contributed by atoms with Crippen LogP contribution in [0.15, 0.2) is 71.3 Å². The van der Waals surface area contributed by atoms with E-state index in [0.717, 1.165) is 16.5 Å². The van der Waals surface area contributed by atoms with Crippen LogP contribution in [-0.4, -0.2) is 25.1 Å².